The van der Waals surface area contributed by atoms with Crippen LogP contribution in [0, 0.1) is 0 Å². The van der Waals surface area contributed by atoms with Gasteiger partial charge in [0.25, 0.3) is 0 Å². The van der Waals surface area contributed by atoms with Crippen LogP contribution in [0.5, 0.6) is 23.0 Å². The summed E-state index contributed by atoms with van der Waals surface area (Å²) in [6.07, 6.45) is 0. The first-order chi connectivity index (χ1) is 15.0. The summed E-state index contributed by atoms with van der Waals surface area (Å²) >= 11 is 0. The number of benzene rings is 4. The zero-order valence-corrected chi connectivity index (χ0v) is 16.4. The molecule has 4 aromatic rings. The second-order valence-corrected chi connectivity index (χ2v) is 6.88. The number of rotatable bonds is 6. The number of ketones is 2. The molecule has 0 aliphatic heterocycles. The highest BCUT2D eigenvalue weighted by atomic mass is 16.5. The van der Waals surface area contributed by atoms with Crippen molar-refractivity contribution in [2.45, 2.75) is 0 Å². The molecular weight excluding hydrogens is 392 g/mol. The summed E-state index contributed by atoms with van der Waals surface area (Å²) in [6.45, 7) is 0. The molecule has 0 bridgehead atoms. The molecule has 152 valence electrons. The molecule has 0 amide bonds. The molecule has 0 aliphatic carbocycles. The summed E-state index contributed by atoms with van der Waals surface area (Å²) in [6, 6.07) is 25.7. The van der Waals surface area contributed by atoms with Crippen LogP contribution in [0.3, 0.4) is 0 Å². The largest absolute Gasteiger partial charge is 0.508 e. The van der Waals surface area contributed by atoms with E-state index in [1.165, 1.54) is 24.3 Å². The van der Waals surface area contributed by atoms with Crippen LogP contribution >= 0.6 is 0 Å². The molecule has 0 unspecified atom stereocenters. The van der Waals surface area contributed by atoms with Crippen molar-refractivity contribution in [3.8, 4) is 23.0 Å². The summed E-state index contributed by atoms with van der Waals surface area (Å²) < 4.78 is 5.91. The first-order valence-corrected chi connectivity index (χ1v) is 9.56. The highest BCUT2D eigenvalue weighted by Gasteiger charge is 2.16. The standard InChI is InChI=1S/C26H18O5/c27-20-7-3-5-18(15-20)25(29)17-11-13-22(14-12-17)31-24-10-2-1-9-23(24)26(30)19-6-4-8-21(28)16-19/h1-16,27-28H. The molecule has 31 heavy (non-hydrogen) atoms. The molecule has 0 spiro atoms. The SMILES string of the molecule is O=C(c1ccc(Oc2ccccc2C(=O)c2cccc(O)c2)cc1)c1cccc(O)c1. The Hall–Kier alpha value is -4.38. The Morgan fingerprint density at radius 1 is 0.581 bits per heavy atom. The average molecular weight is 410 g/mol. The van der Waals surface area contributed by atoms with Gasteiger partial charge in [0.15, 0.2) is 11.6 Å². The van der Waals surface area contributed by atoms with Crippen molar-refractivity contribution in [2.75, 3.05) is 0 Å². The number of aromatic hydroxyl groups is 2. The Balaban J connectivity index is 1.56. The van der Waals surface area contributed by atoms with Crippen LogP contribution < -0.4 is 4.74 Å². The van der Waals surface area contributed by atoms with E-state index in [9.17, 15) is 19.8 Å². The minimum atomic E-state index is -0.276. The Bertz CT molecular complexity index is 1260. The van der Waals surface area contributed by atoms with Crippen LogP contribution in [0.25, 0.3) is 0 Å². The number of hydrogen-bond donors (Lipinski definition) is 2. The van der Waals surface area contributed by atoms with Gasteiger partial charge in [-0.25, -0.2) is 0 Å². The maximum atomic E-state index is 12.9. The number of phenolic OH excluding ortho intramolecular Hbond substituents is 2. The van der Waals surface area contributed by atoms with Crippen molar-refractivity contribution in [2.24, 2.45) is 0 Å². The fraction of sp³-hybridized carbons (Fsp3) is 0. The van der Waals surface area contributed by atoms with E-state index in [1.54, 1.807) is 72.8 Å². The lowest BCUT2D eigenvalue weighted by atomic mass is 10.0. The minimum Gasteiger partial charge on any atom is -0.508 e. The van der Waals surface area contributed by atoms with E-state index in [-0.39, 0.29) is 23.1 Å². The Kier molecular flexibility index (Phi) is 5.49. The van der Waals surface area contributed by atoms with Gasteiger partial charge in [-0.3, -0.25) is 9.59 Å². The van der Waals surface area contributed by atoms with E-state index in [1.807, 2.05) is 0 Å². The quantitative estimate of drug-likeness (QED) is 0.419. The molecule has 5 heteroatoms. The smallest absolute Gasteiger partial charge is 0.196 e. The third kappa shape index (κ3) is 4.46. The van der Waals surface area contributed by atoms with Gasteiger partial charge >= 0.3 is 0 Å². The number of ether oxygens (including phenoxy) is 1. The Labute approximate surface area is 178 Å². The van der Waals surface area contributed by atoms with Crippen molar-refractivity contribution in [3.05, 3.63) is 119 Å². The van der Waals surface area contributed by atoms with Gasteiger partial charge in [-0.15, -0.1) is 0 Å². The van der Waals surface area contributed by atoms with E-state index in [0.717, 1.165) is 0 Å². The number of carbonyl (C=O) groups excluding carboxylic acids is 2. The zero-order valence-electron chi connectivity index (χ0n) is 16.4. The predicted molar refractivity (Wildman–Crippen MR) is 116 cm³/mol. The van der Waals surface area contributed by atoms with E-state index >= 15 is 0 Å². The van der Waals surface area contributed by atoms with Crippen LogP contribution in [0.4, 0.5) is 0 Å². The van der Waals surface area contributed by atoms with E-state index < -0.39 is 0 Å². The first kappa shape index (κ1) is 19.9. The van der Waals surface area contributed by atoms with Gasteiger partial charge in [-0.2, -0.15) is 0 Å². The minimum absolute atomic E-state index is 0.0104. The molecule has 2 N–H and O–H groups in total. The number of carbonyl (C=O) groups is 2. The van der Waals surface area contributed by atoms with Crippen molar-refractivity contribution in [1.29, 1.82) is 0 Å². The van der Waals surface area contributed by atoms with Gasteiger partial charge in [0, 0.05) is 16.7 Å². The van der Waals surface area contributed by atoms with Crippen LogP contribution in [0.1, 0.15) is 31.8 Å². The average Bonchev–Trinajstić information content (AvgIpc) is 2.79. The molecule has 0 radical (unpaired) electrons. The van der Waals surface area contributed by atoms with Crippen molar-refractivity contribution >= 4 is 11.6 Å². The normalized spacial score (nSPS) is 10.5. The van der Waals surface area contributed by atoms with Crippen LogP contribution in [0.2, 0.25) is 0 Å². The van der Waals surface area contributed by atoms with Gasteiger partial charge < -0.3 is 14.9 Å². The molecule has 0 saturated heterocycles. The lowest BCUT2D eigenvalue weighted by molar-refractivity contribution is 0.103. The number of hydrogen-bond acceptors (Lipinski definition) is 5. The maximum Gasteiger partial charge on any atom is 0.196 e. The third-order valence-electron chi connectivity index (χ3n) is 4.69. The Morgan fingerprint density at radius 2 is 1.16 bits per heavy atom. The van der Waals surface area contributed by atoms with Gasteiger partial charge in [0.05, 0.1) is 5.56 Å². The van der Waals surface area contributed by atoms with E-state index in [0.29, 0.717) is 33.8 Å². The predicted octanol–water partition coefficient (Wildman–Crippen LogP) is 5.35. The summed E-state index contributed by atoms with van der Waals surface area (Å²) in [5.41, 5.74) is 1.54. The van der Waals surface area contributed by atoms with Gasteiger partial charge in [-0.1, -0.05) is 36.4 Å². The molecule has 0 atom stereocenters. The fourth-order valence-electron chi connectivity index (χ4n) is 3.16. The molecule has 5 nitrogen and oxygen atoms in total. The summed E-state index contributed by atoms with van der Waals surface area (Å²) in [5, 5.41) is 19.2. The summed E-state index contributed by atoms with van der Waals surface area (Å²) in [4.78, 5) is 25.5. The highest BCUT2D eigenvalue weighted by Crippen LogP contribution is 2.28. The van der Waals surface area contributed by atoms with Crippen LogP contribution in [0.15, 0.2) is 97.1 Å². The van der Waals surface area contributed by atoms with E-state index in [4.69, 9.17) is 4.74 Å². The summed E-state index contributed by atoms with van der Waals surface area (Å²) in [7, 11) is 0. The topological polar surface area (TPSA) is 83.8 Å². The molecule has 4 rings (SSSR count). The number of para-hydroxylation sites is 1. The molecular formula is C26H18O5. The molecule has 0 fully saturated rings. The lowest BCUT2D eigenvalue weighted by Gasteiger charge is -2.11. The van der Waals surface area contributed by atoms with E-state index in [2.05, 4.69) is 0 Å². The highest BCUT2D eigenvalue weighted by molar-refractivity contribution is 6.11. The van der Waals surface area contributed by atoms with Gasteiger partial charge in [0.1, 0.15) is 23.0 Å². The monoisotopic (exact) mass is 410 g/mol. The van der Waals surface area contributed by atoms with Crippen LogP contribution in [-0.4, -0.2) is 21.8 Å². The second-order valence-electron chi connectivity index (χ2n) is 6.88. The molecule has 0 aliphatic rings. The Morgan fingerprint density at radius 3 is 1.77 bits per heavy atom. The summed E-state index contributed by atoms with van der Waals surface area (Å²) in [5.74, 6) is 0.366. The molecule has 0 aromatic heterocycles. The van der Waals surface area contributed by atoms with Gasteiger partial charge in [0.2, 0.25) is 0 Å². The zero-order chi connectivity index (χ0) is 21.8. The molecule has 0 heterocycles. The molecule has 0 saturated carbocycles. The van der Waals surface area contributed by atoms with Gasteiger partial charge in [-0.05, 0) is 60.7 Å². The second kappa shape index (κ2) is 8.55. The van der Waals surface area contributed by atoms with Crippen LogP contribution in [-0.2, 0) is 0 Å². The van der Waals surface area contributed by atoms with Crippen molar-refractivity contribution in [3.63, 3.8) is 0 Å². The number of phenols is 2. The third-order valence-corrected chi connectivity index (χ3v) is 4.69. The maximum absolute atomic E-state index is 12.9. The first-order valence-electron chi connectivity index (χ1n) is 9.56. The van der Waals surface area contributed by atoms with Crippen molar-refractivity contribution < 1.29 is 24.5 Å². The fourth-order valence-corrected chi connectivity index (χ4v) is 3.16. The lowest BCUT2D eigenvalue weighted by Crippen LogP contribution is -2.04. The molecule has 4 aromatic carbocycles. The van der Waals surface area contributed by atoms with Crippen molar-refractivity contribution in [1.82, 2.24) is 0 Å².